The highest BCUT2D eigenvalue weighted by atomic mass is 16.5. The van der Waals surface area contributed by atoms with Gasteiger partial charge < -0.3 is 14.9 Å². The van der Waals surface area contributed by atoms with Gasteiger partial charge in [0, 0.05) is 11.8 Å². The van der Waals surface area contributed by atoms with Gasteiger partial charge in [0.2, 0.25) is 0 Å². The third-order valence-electron chi connectivity index (χ3n) is 2.14. The minimum Gasteiger partial charge on any atom is -0.508 e. The number of hydrogen-bond acceptors (Lipinski definition) is 4. The van der Waals surface area contributed by atoms with Crippen LogP contribution in [0.5, 0.6) is 5.75 Å². The minimum absolute atomic E-state index is 0.157. The van der Waals surface area contributed by atoms with Gasteiger partial charge in [-0.25, -0.2) is 4.79 Å². The summed E-state index contributed by atoms with van der Waals surface area (Å²) in [7, 11) is 0. The van der Waals surface area contributed by atoms with Crippen molar-refractivity contribution in [3.8, 4) is 5.75 Å². The van der Waals surface area contributed by atoms with Crippen molar-refractivity contribution >= 4 is 17.5 Å². The van der Waals surface area contributed by atoms with Gasteiger partial charge in [0.15, 0.2) is 5.82 Å². The molecule has 0 fully saturated rings. The first-order chi connectivity index (χ1) is 8.15. The van der Waals surface area contributed by atoms with Crippen molar-refractivity contribution in [2.24, 2.45) is 0 Å². The number of anilines is 2. The maximum absolute atomic E-state index is 11.6. The van der Waals surface area contributed by atoms with E-state index in [1.807, 2.05) is 0 Å². The molecule has 88 valence electrons. The summed E-state index contributed by atoms with van der Waals surface area (Å²) in [6.45, 7) is 1.78. The van der Waals surface area contributed by atoms with Gasteiger partial charge in [-0.05, 0) is 30.7 Å². The molecule has 0 aliphatic rings. The highest BCUT2D eigenvalue weighted by Crippen LogP contribution is 2.20. The Kier molecular flexibility index (Phi) is 2.95. The second-order valence-electron chi connectivity index (χ2n) is 3.46. The Hall–Kier alpha value is -2.50. The van der Waals surface area contributed by atoms with Crippen LogP contribution in [0.4, 0.5) is 16.3 Å². The van der Waals surface area contributed by atoms with E-state index in [-0.39, 0.29) is 5.75 Å². The molecule has 1 aromatic carbocycles. The number of carbonyl (C=O) groups excluding carboxylic acids is 1. The minimum atomic E-state index is -0.423. The smallest absolute Gasteiger partial charge is 0.324 e. The van der Waals surface area contributed by atoms with Gasteiger partial charge in [0.25, 0.3) is 0 Å². The molecule has 0 saturated carbocycles. The van der Waals surface area contributed by atoms with Gasteiger partial charge in [-0.15, -0.1) is 0 Å². The van der Waals surface area contributed by atoms with E-state index in [2.05, 4.69) is 20.3 Å². The number of nitrogens with zero attached hydrogens (tertiary/aromatic N) is 1. The number of phenols is 1. The highest BCUT2D eigenvalue weighted by Gasteiger charge is 2.06. The third-order valence-corrected chi connectivity index (χ3v) is 2.14. The maximum Gasteiger partial charge on any atom is 0.324 e. The zero-order valence-electron chi connectivity index (χ0n) is 9.10. The van der Waals surface area contributed by atoms with Crippen LogP contribution in [0.1, 0.15) is 5.56 Å². The summed E-state index contributed by atoms with van der Waals surface area (Å²) in [6.07, 6.45) is 1.36. The van der Waals surface area contributed by atoms with Crippen LogP contribution < -0.4 is 10.6 Å². The number of urea groups is 1. The van der Waals surface area contributed by atoms with Crippen LogP contribution in [0.3, 0.4) is 0 Å². The lowest BCUT2D eigenvalue weighted by molar-refractivity contribution is 0.262. The van der Waals surface area contributed by atoms with Gasteiger partial charge in [-0.2, -0.15) is 0 Å². The summed E-state index contributed by atoms with van der Waals surface area (Å²) >= 11 is 0. The Morgan fingerprint density at radius 2 is 2.18 bits per heavy atom. The van der Waals surface area contributed by atoms with E-state index >= 15 is 0 Å². The number of carbonyl (C=O) groups is 1. The number of aromatic hydroxyl groups is 1. The molecular weight excluding hydrogens is 222 g/mol. The molecule has 2 amide bonds. The quantitative estimate of drug-likeness (QED) is 0.694. The van der Waals surface area contributed by atoms with Gasteiger partial charge in [0.05, 0.1) is 0 Å². The molecular formula is C11H11N3O3. The number of benzene rings is 1. The SMILES string of the molecule is Cc1cc(O)ccc1NC(=O)Nc1ccon1. The molecule has 0 radical (unpaired) electrons. The molecule has 3 N–H and O–H groups in total. The van der Waals surface area contributed by atoms with Crippen molar-refractivity contribution in [2.75, 3.05) is 10.6 Å². The number of hydrogen-bond donors (Lipinski definition) is 3. The van der Waals surface area contributed by atoms with Gasteiger partial charge >= 0.3 is 6.03 Å². The van der Waals surface area contributed by atoms with Crippen molar-refractivity contribution in [3.63, 3.8) is 0 Å². The standard InChI is InChI=1S/C11H11N3O3/c1-7-6-8(15)2-3-9(7)12-11(16)13-10-4-5-17-14-10/h2-6,15H,1H3,(H2,12,13,14,16). The lowest BCUT2D eigenvalue weighted by Gasteiger charge is -2.08. The Bertz CT molecular complexity index is 523. The summed E-state index contributed by atoms with van der Waals surface area (Å²) in [5, 5.41) is 17.9. The van der Waals surface area contributed by atoms with Crippen LogP contribution in [-0.2, 0) is 0 Å². The summed E-state index contributed by atoms with van der Waals surface area (Å²) in [4.78, 5) is 11.6. The normalized spacial score (nSPS) is 9.94. The fourth-order valence-corrected chi connectivity index (χ4v) is 1.33. The first-order valence-electron chi connectivity index (χ1n) is 4.93. The fourth-order valence-electron chi connectivity index (χ4n) is 1.33. The second kappa shape index (κ2) is 4.56. The van der Waals surface area contributed by atoms with Crippen LogP contribution in [0.15, 0.2) is 35.1 Å². The first kappa shape index (κ1) is 11.0. The number of phenolic OH excluding ortho intramolecular Hbond substituents is 1. The number of nitrogens with one attached hydrogen (secondary N) is 2. The van der Waals surface area contributed by atoms with Gasteiger partial charge in [0.1, 0.15) is 12.0 Å². The predicted molar refractivity (Wildman–Crippen MR) is 62.0 cm³/mol. The molecule has 0 unspecified atom stereocenters. The Balaban J connectivity index is 2.03. The van der Waals surface area contributed by atoms with E-state index in [1.165, 1.54) is 18.4 Å². The molecule has 0 aliphatic carbocycles. The van der Waals surface area contributed by atoms with E-state index in [4.69, 9.17) is 0 Å². The number of aromatic nitrogens is 1. The molecule has 17 heavy (non-hydrogen) atoms. The number of aryl methyl sites for hydroxylation is 1. The molecule has 0 saturated heterocycles. The van der Waals surface area contributed by atoms with Crippen LogP contribution in [-0.4, -0.2) is 16.3 Å². The zero-order chi connectivity index (χ0) is 12.3. The average molecular weight is 233 g/mol. The molecule has 2 rings (SSSR count). The third kappa shape index (κ3) is 2.75. The van der Waals surface area contributed by atoms with Crippen LogP contribution >= 0.6 is 0 Å². The molecule has 1 heterocycles. The summed E-state index contributed by atoms with van der Waals surface area (Å²) < 4.78 is 4.58. The molecule has 0 aliphatic heterocycles. The Morgan fingerprint density at radius 1 is 1.35 bits per heavy atom. The van der Waals surface area contributed by atoms with E-state index in [0.717, 1.165) is 5.56 Å². The largest absolute Gasteiger partial charge is 0.508 e. The molecule has 0 bridgehead atoms. The zero-order valence-corrected chi connectivity index (χ0v) is 9.10. The van der Waals surface area contributed by atoms with Gasteiger partial charge in [-0.3, -0.25) is 5.32 Å². The monoisotopic (exact) mass is 233 g/mol. The first-order valence-corrected chi connectivity index (χ1v) is 4.93. The molecule has 6 nitrogen and oxygen atoms in total. The topological polar surface area (TPSA) is 87.4 Å². The summed E-state index contributed by atoms with van der Waals surface area (Å²) in [5.41, 5.74) is 1.38. The molecule has 1 aromatic heterocycles. The van der Waals surface area contributed by atoms with E-state index in [0.29, 0.717) is 11.5 Å². The highest BCUT2D eigenvalue weighted by molar-refractivity contribution is 5.99. The van der Waals surface area contributed by atoms with Crippen LogP contribution in [0.25, 0.3) is 0 Å². The molecule has 6 heteroatoms. The molecule has 0 atom stereocenters. The summed E-state index contributed by atoms with van der Waals surface area (Å²) in [6, 6.07) is 5.79. The van der Waals surface area contributed by atoms with Gasteiger partial charge in [-0.1, -0.05) is 5.16 Å². The number of rotatable bonds is 2. The molecule has 0 spiro atoms. The van der Waals surface area contributed by atoms with Crippen LogP contribution in [0, 0.1) is 6.92 Å². The van der Waals surface area contributed by atoms with Crippen LogP contribution in [0.2, 0.25) is 0 Å². The lowest BCUT2D eigenvalue weighted by atomic mass is 10.2. The van der Waals surface area contributed by atoms with E-state index in [9.17, 15) is 9.90 Å². The maximum atomic E-state index is 11.6. The summed E-state index contributed by atoms with van der Waals surface area (Å²) in [5.74, 6) is 0.490. The van der Waals surface area contributed by atoms with E-state index < -0.39 is 6.03 Å². The van der Waals surface area contributed by atoms with Crippen molar-refractivity contribution < 1.29 is 14.4 Å². The number of amides is 2. The Morgan fingerprint density at radius 3 is 2.82 bits per heavy atom. The van der Waals surface area contributed by atoms with E-state index in [1.54, 1.807) is 19.1 Å². The van der Waals surface area contributed by atoms with Crippen molar-refractivity contribution in [2.45, 2.75) is 6.92 Å². The van der Waals surface area contributed by atoms with Crippen molar-refractivity contribution in [1.82, 2.24) is 5.16 Å². The Labute approximate surface area is 97.2 Å². The predicted octanol–water partition coefficient (Wildman–Crippen LogP) is 2.33. The van der Waals surface area contributed by atoms with Crippen molar-refractivity contribution in [3.05, 3.63) is 36.1 Å². The average Bonchev–Trinajstić information content (AvgIpc) is 2.75. The fraction of sp³-hybridized carbons (Fsp3) is 0.0909. The van der Waals surface area contributed by atoms with Crippen molar-refractivity contribution in [1.29, 1.82) is 0 Å². The second-order valence-corrected chi connectivity index (χ2v) is 3.46. The lowest BCUT2D eigenvalue weighted by Crippen LogP contribution is -2.20. The molecule has 2 aromatic rings.